The number of anilines is 8. The summed E-state index contributed by atoms with van der Waals surface area (Å²) in [7, 11) is 0. The summed E-state index contributed by atoms with van der Waals surface area (Å²) in [6.07, 6.45) is 5.27. The minimum absolute atomic E-state index is 0.0104. The number of hydrogen-bond donors (Lipinski definition) is 4. The molecule has 0 saturated heterocycles. The number of aromatic nitrogens is 6. The number of nitrogens with two attached hydrogens (primary N) is 1. The van der Waals surface area contributed by atoms with Gasteiger partial charge in [-0.1, -0.05) is 125 Å². The van der Waals surface area contributed by atoms with Crippen LogP contribution in [-0.2, 0) is 45.4 Å². The fourth-order valence-electron chi connectivity index (χ4n) is 13.6. The molecule has 32 heteroatoms. The molecule has 9 heterocycles. The number of nitrogen functional groups attached to an aromatic ring is 1. The number of carbonyl (C=O) groups excluding carboxylic acids is 5. The number of hydrogen-bond acceptors (Lipinski definition) is 21. The summed E-state index contributed by atoms with van der Waals surface area (Å²) in [4.78, 5) is 95.7. The number of halogens is 6. The third-order valence-electron chi connectivity index (χ3n) is 18.6. The number of ether oxygens (including phenoxy) is 5. The van der Waals surface area contributed by atoms with Crippen molar-refractivity contribution in [3.05, 3.63) is 210 Å². The van der Waals surface area contributed by atoms with Crippen molar-refractivity contribution in [2.24, 2.45) is 0 Å². The highest BCUT2D eigenvalue weighted by molar-refractivity contribution is 7.98. The van der Waals surface area contributed by atoms with Crippen LogP contribution in [-0.4, -0.2) is 127 Å². The van der Waals surface area contributed by atoms with Gasteiger partial charge in [-0.2, -0.15) is 15.0 Å². The molecule has 0 fully saturated rings. The Kier molecular flexibility index (Phi) is 23.2. The Hall–Kier alpha value is -10.7. The van der Waals surface area contributed by atoms with E-state index >= 15 is 0 Å². The number of amides is 5. The highest BCUT2D eigenvalue weighted by Gasteiger charge is 2.40. The summed E-state index contributed by atoms with van der Waals surface area (Å²) in [5, 5.41) is 10.6. The van der Waals surface area contributed by atoms with E-state index in [2.05, 4.69) is 106 Å². The van der Waals surface area contributed by atoms with Crippen molar-refractivity contribution in [2.45, 2.75) is 135 Å². The van der Waals surface area contributed by atoms with Crippen molar-refractivity contribution in [2.75, 3.05) is 77.1 Å². The van der Waals surface area contributed by atoms with Crippen LogP contribution in [0, 0.1) is 17.5 Å². The number of nitrogens with zero attached hydrogens (tertiary/aromatic N) is 11. The summed E-state index contributed by atoms with van der Waals surface area (Å²) in [6.45, 7) is 27.3. The van der Waals surface area contributed by atoms with Crippen LogP contribution in [0.4, 0.5) is 68.8 Å². The van der Waals surface area contributed by atoms with Gasteiger partial charge in [0.15, 0.2) is 25.3 Å². The van der Waals surface area contributed by atoms with E-state index in [-0.39, 0.29) is 121 Å². The first-order chi connectivity index (χ1) is 52.8. The van der Waals surface area contributed by atoms with E-state index in [0.717, 1.165) is 55.9 Å². The quantitative estimate of drug-likeness (QED) is 0.0624. The SMILES string of the molecule is CC(C)(C)OC(=O)N1Cc2cc(N)ccc2C(C)(C)C1.CC(C)(C)OC(=O)N1Cc2cc(Nc3ncc4c(n3)OCN(c3c(F)cccc3Cl)C4=O)ccc2C(C)(C)C1.CC1(C)CNCc2cc(Nc3ncc4c(n3)OCN(c3c(F)cccc3Cl)C4=O)ccc21.CSc1ncc2c(n1)OCN(c1c(F)cccc1Cl)C2=O. The highest BCUT2D eigenvalue weighted by Crippen LogP contribution is 2.42. The first kappa shape index (κ1) is 80.8. The van der Waals surface area contributed by atoms with E-state index in [9.17, 15) is 37.1 Å². The lowest BCUT2D eigenvalue weighted by molar-refractivity contribution is 0.0165. The van der Waals surface area contributed by atoms with Crippen molar-refractivity contribution in [1.29, 1.82) is 0 Å². The summed E-state index contributed by atoms with van der Waals surface area (Å²) in [5.41, 5.74) is 14.1. The fraction of sp³-hybridized carbons (Fsp3) is 0.338. The maximum absolute atomic E-state index is 14.4. The predicted molar refractivity (Wildman–Crippen MR) is 423 cm³/mol. The van der Waals surface area contributed by atoms with Gasteiger partial charge < -0.3 is 55.2 Å². The maximum atomic E-state index is 14.4. The van der Waals surface area contributed by atoms with E-state index in [1.54, 1.807) is 9.80 Å². The van der Waals surface area contributed by atoms with Crippen molar-refractivity contribution in [1.82, 2.24) is 45.0 Å². The normalized spacial score (nSPS) is 16.2. The van der Waals surface area contributed by atoms with Crippen molar-refractivity contribution < 1.29 is 60.8 Å². The van der Waals surface area contributed by atoms with Gasteiger partial charge in [0.1, 0.15) is 62.4 Å². The van der Waals surface area contributed by atoms with Crippen molar-refractivity contribution >= 4 is 122 Å². The Balaban J connectivity index is 0.000000144. The third-order valence-corrected chi connectivity index (χ3v) is 20.1. The molecule has 6 aromatic carbocycles. The van der Waals surface area contributed by atoms with Crippen LogP contribution in [0.15, 0.2) is 133 Å². The molecule has 5 N–H and O–H groups in total. The molecule has 0 saturated carbocycles. The van der Waals surface area contributed by atoms with E-state index in [0.29, 0.717) is 43.0 Å². The minimum atomic E-state index is -0.636. The molecule has 0 aliphatic carbocycles. The molecule has 0 atom stereocenters. The molecule has 6 aliphatic heterocycles. The zero-order valence-electron chi connectivity index (χ0n) is 63.7. The second-order valence-electron chi connectivity index (χ2n) is 31.0. The number of carbonyl (C=O) groups is 5. The van der Waals surface area contributed by atoms with E-state index in [1.165, 1.54) is 102 Å². The molecule has 0 bridgehead atoms. The fourth-order valence-corrected chi connectivity index (χ4v) is 14.7. The summed E-state index contributed by atoms with van der Waals surface area (Å²) in [5.74, 6) is -2.35. The molecule has 112 heavy (non-hydrogen) atoms. The highest BCUT2D eigenvalue weighted by atomic mass is 35.5. The Morgan fingerprint density at radius 1 is 0.527 bits per heavy atom. The molecule has 586 valence electrons. The monoisotopic (exact) mass is 1610 g/mol. The molecule has 6 aliphatic rings. The zero-order valence-corrected chi connectivity index (χ0v) is 66.8. The summed E-state index contributed by atoms with van der Waals surface area (Å²) < 4.78 is 70.4. The first-order valence-electron chi connectivity index (χ1n) is 35.5. The lowest BCUT2D eigenvalue weighted by Gasteiger charge is -2.40. The van der Waals surface area contributed by atoms with Gasteiger partial charge in [0.25, 0.3) is 17.7 Å². The molecule has 3 aromatic heterocycles. The third kappa shape index (κ3) is 17.9. The summed E-state index contributed by atoms with van der Waals surface area (Å²) >= 11 is 19.6. The van der Waals surface area contributed by atoms with Gasteiger partial charge in [0.2, 0.25) is 29.5 Å². The van der Waals surface area contributed by atoms with Crippen LogP contribution < -0.4 is 50.6 Å². The number of para-hydroxylation sites is 3. The summed E-state index contributed by atoms with van der Waals surface area (Å²) in [6, 6.07) is 30.6. The second-order valence-corrected chi connectivity index (χ2v) is 33.0. The largest absolute Gasteiger partial charge is 0.455 e. The number of rotatable bonds is 8. The average molecular weight is 1610 g/mol. The molecule has 25 nitrogen and oxygen atoms in total. The van der Waals surface area contributed by atoms with Crippen molar-refractivity contribution in [3.63, 3.8) is 0 Å². The molecule has 9 aromatic rings. The first-order valence-corrected chi connectivity index (χ1v) is 37.9. The lowest BCUT2D eigenvalue weighted by atomic mass is 9.78. The van der Waals surface area contributed by atoms with Crippen LogP contribution in [0.1, 0.15) is 148 Å². The molecule has 0 spiro atoms. The molecule has 0 radical (unpaired) electrons. The van der Waals surface area contributed by atoms with Gasteiger partial charge >= 0.3 is 12.2 Å². The van der Waals surface area contributed by atoms with Gasteiger partial charge in [-0.3, -0.25) is 29.1 Å². The van der Waals surface area contributed by atoms with E-state index in [4.69, 9.17) is 64.2 Å². The van der Waals surface area contributed by atoms with Crippen LogP contribution in [0.5, 0.6) is 17.6 Å². The molecule has 15 rings (SSSR count). The maximum Gasteiger partial charge on any atom is 0.410 e. The molecule has 0 unspecified atom stereocenters. The Morgan fingerprint density at radius 2 is 0.902 bits per heavy atom. The van der Waals surface area contributed by atoms with Gasteiger partial charge in [-0.25, -0.2) is 37.7 Å². The Morgan fingerprint density at radius 3 is 1.30 bits per heavy atom. The standard InChI is InChI=1S/C28H29ClFN5O4.C23H21ClFN5O2.C16H24N2O2.C13H9ClFN3O2S/c1-27(2,3)39-26(37)34-13-16-11-17(9-10-19(16)28(4,5)14-34)32-25-31-12-18-23(33-25)38-15-35(24(18)36)22-20(29)7-6-8-21(22)30;1-23(2)11-26-9-13-8-14(6-7-16(13)23)28-22-27-10-15-20(29-22)32-12-30(21(15)31)19-17(24)4-3-5-18(19)25;1-15(2,3)20-14(19)18-9-11-8-12(17)6-7-13(11)16(4,5)10-18;1-21-13-16-5-7-11(17-13)20-6-18(12(7)19)10-8(14)3-2-4-9(10)15/h6-12H,13-15H2,1-5H3,(H,31,32,33);3-8,10,26H,9,11-12H2,1-2H3,(H,27,28,29);6-8H,9-10,17H2,1-5H3;2-5H,6H2,1H3. The zero-order chi connectivity index (χ0) is 80.7. The van der Waals surface area contributed by atoms with Gasteiger partial charge in [0.05, 0.1) is 15.1 Å². The topological polar surface area (TPSA) is 287 Å². The number of fused-ring (bicyclic) bond motifs is 6. The van der Waals surface area contributed by atoms with Crippen LogP contribution in [0.2, 0.25) is 15.1 Å². The van der Waals surface area contributed by atoms with Crippen LogP contribution >= 0.6 is 46.6 Å². The average Bonchev–Trinajstić information content (AvgIpc) is 0.788. The van der Waals surface area contributed by atoms with Crippen molar-refractivity contribution in [3.8, 4) is 17.6 Å². The van der Waals surface area contributed by atoms with Gasteiger partial charge in [0, 0.05) is 91.2 Å². The van der Waals surface area contributed by atoms with E-state index in [1.807, 2.05) is 84.2 Å². The Bertz CT molecular complexity index is 5130. The van der Waals surface area contributed by atoms with E-state index < -0.39 is 46.4 Å². The van der Waals surface area contributed by atoms with Crippen LogP contribution in [0.3, 0.4) is 0 Å². The lowest BCUT2D eigenvalue weighted by Crippen LogP contribution is -2.46. The van der Waals surface area contributed by atoms with Crippen LogP contribution in [0.25, 0.3) is 0 Å². The smallest absolute Gasteiger partial charge is 0.410 e. The Labute approximate surface area is 665 Å². The van der Waals surface area contributed by atoms with Gasteiger partial charge in [-0.15, -0.1) is 0 Å². The number of nitrogens with one attached hydrogen (secondary N) is 3. The predicted octanol–water partition coefficient (Wildman–Crippen LogP) is 16.7. The number of benzene rings is 6. The number of thioether (sulfide) groups is 1. The van der Waals surface area contributed by atoms with Gasteiger partial charge in [-0.05, 0) is 154 Å². The molecular weight excluding hydrogens is 1530 g/mol. The second kappa shape index (κ2) is 32.2. The minimum Gasteiger partial charge on any atom is -0.455 e. The molecular formula is C80H83Cl3F3N15O10S. The molecule has 5 amide bonds.